The lowest BCUT2D eigenvalue weighted by Gasteiger charge is -2.27. The van der Waals surface area contributed by atoms with Crippen molar-refractivity contribution in [1.82, 2.24) is 10.0 Å². The average Bonchev–Trinajstić information content (AvgIpc) is 2.67. The van der Waals surface area contributed by atoms with E-state index in [9.17, 15) is 13.2 Å². The van der Waals surface area contributed by atoms with Gasteiger partial charge in [-0.05, 0) is 67.8 Å². The van der Waals surface area contributed by atoms with Crippen LogP contribution in [0.1, 0.15) is 40.4 Å². The van der Waals surface area contributed by atoms with E-state index in [0.29, 0.717) is 5.56 Å². The van der Waals surface area contributed by atoms with Gasteiger partial charge in [-0.15, -0.1) is 0 Å². The summed E-state index contributed by atoms with van der Waals surface area (Å²) in [5.74, 6) is 0.521. The normalized spacial score (nSPS) is 16.6. The lowest BCUT2D eigenvalue weighted by molar-refractivity contribution is 0.0932. The van der Waals surface area contributed by atoms with Gasteiger partial charge in [0.2, 0.25) is 10.0 Å². The summed E-state index contributed by atoms with van der Waals surface area (Å²) in [6.07, 6.45) is 2.77. The molecule has 2 aromatic rings. The molecule has 1 amide bonds. The minimum Gasteiger partial charge on any atom is -0.497 e. The predicted octanol–water partition coefficient (Wildman–Crippen LogP) is 2.41. The molecule has 138 valence electrons. The quantitative estimate of drug-likeness (QED) is 0.842. The Bertz CT molecular complexity index is 925. The maximum atomic E-state index is 12.7. The number of fused-ring (bicyclic) bond motifs is 1. The molecule has 1 aliphatic rings. The highest BCUT2D eigenvalue weighted by molar-refractivity contribution is 7.89. The molecule has 0 spiro atoms. The second-order valence-corrected chi connectivity index (χ2v) is 8.10. The molecule has 0 bridgehead atoms. The largest absolute Gasteiger partial charge is 0.497 e. The first-order valence-corrected chi connectivity index (χ1v) is 9.94. The molecule has 0 heterocycles. The molecule has 0 saturated carbocycles. The summed E-state index contributed by atoms with van der Waals surface area (Å²) < 4.78 is 31.4. The first-order chi connectivity index (χ1) is 12.4. The topological polar surface area (TPSA) is 84.5 Å². The van der Waals surface area contributed by atoms with Crippen LogP contribution in [0, 0.1) is 0 Å². The van der Waals surface area contributed by atoms with Gasteiger partial charge in [-0.3, -0.25) is 4.79 Å². The zero-order chi connectivity index (χ0) is 18.7. The third-order valence-corrected chi connectivity index (χ3v) is 6.06. The maximum Gasteiger partial charge on any atom is 0.251 e. The number of hydrogen-bond donors (Lipinski definition) is 2. The smallest absolute Gasteiger partial charge is 0.251 e. The van der Waals surface area contributed by atoms with Crippen molar-refractivity contribution < 1.29 is 17.9 Å². The van der Waals surface area contributed by atoms with Crippen molar-refractivity contribution in [1.29, 1.82) is 0 Å². The maximum absolute atomic E-state index is 12.7. The highest BCUT2D eigenvalue weighted by Crippen LogP contribution is 2.32. The molecule has 1 aliphatic carbocycles. The fourth-order valence-electron chi connectivity index (χ4n) is 3.23. The van der Waals surface area contributed by atoms with E-state index in [1.165, 1.54) is 24.7 Å². The summed E-state index contributed by atoms with van der Waals surface area (Å²) in [4.78, 5) is 12.7. The summed E-state index contributed by atoms with van der Waals surface area (Å²) in [5, 5.41) is 3.03. The molecule has 0 fully saturated rings. The third kappa shape index (κ3) is 3.73. The number of amides is 1. The molecule has 0 saturated heterocycles. The molecule has 26 heavy (non-hydrogen) atoms. The Morgan fingerprint density at radius 3 is 2.73 bits per heavy atom. The number of ether oxygens (including phenoxy) is 1. The molecule has 2 N–H and O–H groups in total. The Balaban J connectivity index is 1.83. The fraction of sp³-hybridized carbons (Fsp3) is 0.316. The number of hydrogen-bond acceptors (Lipinski definition) is 4. The van der Waals surface area contributed by atoms with E-state index >= 15 is 0 Å². The van der Waals surface area contributed by atoms with Crippen molar-refractivity contribution in [2.75, 3.05) is 14.2 Å². The Hall–Kier alpha value is -2.38. The lowest BCUT2D eigenvalue weighted by atomic mass is 9.87. The van der Waals surface area contributed by atoms with Gasteiger partial charge in [-0.1, -0.05) is 12.1 Å². The number of carbonyl (C=O) groups excluding carboxylic acids is 1. The van der Waals surface area contributed by atoms with Crippen molar-refractivity contribution in [2.24, 2.45) is 0 Å². The van der Waals surface area contributed by atoms with Crippen molar-refractivity contribution >= 4 is 15.9 Å². The molecular weight excluding hydrogens is 352 g/mol. The standard InChI is InChI=1S/C19H22N2O4S/c1-20-26(23,24)16-7-3-6-14(12-16)19(22)21-18-8-4-5-13-11-15(25-2)9-10-17(13)18/h3,6-7,9-12,18,20H,4-5,8H2,1-2H3,(H,21,22)/t18-/m0/s1. The van der Waals surface area contributed by atoms with Gasteiger partial charge in [-0.2, -0.15) is 0 Å². The van der Waals surface area contributed by atoms with E-state index in [1.54, 1.807) is 19.2 Å². The molecule has 3 rings (SSSR count). The van der Waals surface area contributed by atoms with E-state index in [1.807, 2.05) is 18.2 Å². The highest BCUT2D eigenvalue weighted by atomic mass is 32.2. The zero-order valence-electron chi connectivity index (χ0n) is 14.8. The number of sulfonamides is 1. The van der Waals surface area contributed by atoms with Gasteiger partial charge in [0.05, 0.1) is 18.0 Å². The summed E-state index contributed by atoms with van der Waals surface area (Å²) in [6, 6.07) is 11.8. The number of nitrogens with one attached hydrogen (secondary N) is 2. The van der Waals surface area contributed by atoms with Crippen LogP contribution in [0.15, 0.2) is 47.4 Å². The molecule has 2 aromatic carbocycles. The van der Waals surface area contributed by atoms with Gasteiger partial charge >= 0.3 is 0 Å². The predicted molar refractivity (Wildman–Crippen MR) is 98.8 cm³/mol. The van der Waals surface area contributed by atoms with Crippen LogP contribution in [-0.2, 0) is 16.4 Å². The lowest BCUT2D eigenvalue weighted by Crippen LogP contribution is -2.31. The van der Waals surface area contributed by atoms with E-state index < -0.39 is 10.0 Å². The molecule has 0 unspecified atom stereocenters. The third-order valence-electron chi connectivity index (χ3n) is 4.65. The molecule has 7 heteroatoms. The van der Waals surface area contributed by atoms with Crippen LogP contribution in [0.4, 0.5) is 0 Å². The monoisotopic (exact) mass is 374 g/mol. The van der Waals surface area contributed by atoms with Gasteiger partial charge in [-0.25, -0.2) is 13.1 Å². The molecule has 0 aliphatic heterocycles. The molecule has 0 aromatic heterocycles. The second kappa shape index (κ2) is 7.47. The summed E-state index contributed by atoms with van der Waals surface area (Å²) in [5.41, 5.74) is 2.58. The molecule has 6 nitrogen and oxygen atoms in total. The van der Waals surface area contributed by atoms with Gasteiger partial charge in [0, 0.05) is 5.56 Å². The average molecular weight is 374 g/mol. The number of benzene rings is 2. The SMILES string of the molecule is CNS(=O)(=O)c1cccc(C(=O)N[C@H]2CCCc3cc(OC)ccc32)c1. The van der Waals surface area contributed by atoms with Crippen molar-refractivity contribution in [2.45, 2.75) is 30.2 Å². The van der Waals surface area contributed by atoms with Crippen LogP contribution in [0.2, 0.25) is 0 Å². The fourth-order valence-corrected chi connectivity index (χ4v) is 4.01. The van der Waals surface area contributed by atoms with Crippen LogP contribution < -0.4 is 14.8 Å². The number of methoxy groups -OCH3 is 1. The Morgan fingerprint density at radius 2 is 2.00 bits per heavy atom. The van der Waals surface area contributed by atoms with Crippen molar-refractivity contribution in [3.63, 3.8) is 0 Å². The van der Waals surface area contributed by atoms with E-state index in [2.05, 4.69) is 10.0 Å². The Morgan fingerprint density at radius 1 is 1.19 bits per heavy atom. The zero-order valence-corrected chi connectivity index (χ0v) is 15.6. The minimum absolute atomic E-state index is 0.0708. The number of carbonyl (C=O) groups is 1. The van der Waals surface area contributed by atoms with Crippen LogP contribution in [0.25, 0.3) is 0 Å². The summed E-state index contributed by atoms with van der Waals surface area (Å²) in [7, 11) is -0.610. The van der Waals surface area contributed by atoms with Crippen molar-refractivity contribution in [3.05, 3.63) is 59.2 Å². The molecule has 0 radical (unpaired) electrons. The van der Waals surface area contributed by atoms with Gasteiger partial charge in [0.15, 0.2) is 0 Å². The summed E-state index contributed by atoms with van der Waals surface area (Å²) >= 11 is 0. The minimum atomic E-state index is -3.59. The Labute approximate surface area is 153 Å². The second-order valence-electron chi connectivity index (χ2n) is 6.22. The van der Waals surface area contributed by atoms with Gasteiger partial charge < -0.3 is 10.1 Å². The first kappa shape index (κ1) is 18.4. The Kier molecular flexibility index (Phi) is 5.29. The molecular formula is C19H22N2O4S. The highest BCUT2D eigenvalue weighted by Gasteiger charge is 2.23. The van der Waals surface area contributed by atoms with Gasteiger partial charge in [0.25, 0.3) is 5.91 Å². The van der Waals surface area contributed by atoms with Gasteiger partial charge in [0.1, 0.15) is 5.75 Å². The van der Waals surface area contributed by atoms with Crippen LogP contribution in [0.3, 0.4) is 0 Å². The summed E-state index contributed by atoms with van der Waals surface area (Å²) in [6.45, 7) is 0. The van der Waals surface area contributed by atoms with E-state index in [-0.39, 0.29) is 16.8 Å². The van der Waals surface area contributed by atoms with Crippen molar-refractivity contribution in [3.8, 4) is 5.75 Å². The number of rotatable bonds is 5. The van der Waals surface area contributed by atoms with E-state index in [0.717, 1.165) is 30.6 Å². The van der Waals surface area contributed by atoms with E-state index in [4.69, 9.17) is 4.74 Å². The van der Waals surface area contributed by atoms with Crippen LogP contribution in [0.5, 0.6) is 5.75 Å². The number of aryl methyl sites for hydroxylation is 1. The van der Waals surface area contributed by atoms with Crippen LogP contribution >= 0.6 is 0 Å². The first-order valence-electron chi connectivity index (χ1n) is 8.46. The molecule has 1 atom stereocenters. The van der Waals surface area contributed by atoms with Crippen LogP contribution in [-0.4, -0.2) is 28.5 Å².